The lowest BCUT2D eigenvalue weighted by molar-refractivity contribution is 0.267. The molecule has 1 aliphatic rings. The van der Waals surface area contributed by atoms with Gasteiger partial charge in [0.05, 0.1) is 5.70 Å². The molecule has 1 aromatic carbocycles. The summed E-state index contributed by atoms with van der Waals surface area (Å²) >= 11 is 0. The molecular weight excluding hydrogens is 323 g/mol. The summed E-state index contributed by atoms with van der Waals surface area (Å²) in [5, 5.41) is 0. The molecule has 134 valence electrons. The Hall–Kier alpha value is -2.37. The molecule has 26 heavy (non-hydrogen) atoms. The summed E-state index contributed by atoms with van der Waals surface area (Å²) < 4.78 is 13.3. The van der Waals surface area contributed by atoms with Crippen molar-refractivity contribution < 1.29 is 9.31 Å². The predicted octanol–water partition coefficient (Wildman–Crippen LogP) is 4.41. The second-order valence-electron chi connectivity index (χ2n) is 6.64. The van der Waals surface area contributed by atoms with Gasteiger partial charge in [-0.1, -0.05) is 30.3 Å². The Morgan fingerprint density at radius 1 is 1.00 bits per heavy atom. The first-order chi connectivity index (χ1) is 12.5. The van der Waals surface area contributed by atoms with E-state index in [-0.39, 0.29) is 0 Å². The molecule has 1 aromatic heterocycles. The standard InChI is InChI=1S/C21H25BN2O2/c1-14-12-16(3)23-20(14)19(18-10-8-7-9-11-18)21-15(2)13-17(4)24(21)22(25-5)26-6/h7-13H,1-6H3/b20-19-. The molecule has 0 aliphatic carbocycles. The third-order valence-corrected chi connectivity index (χ3v) is 4.66. The molecule has 0 fully saturated rings. The lowest BCUT2D eigenvalue weighted by atomic mass is 9.94. The monoisotopic (exact) mass is 348 g/mol. The third kappa shape index (κ3) is 3.20. The normalized spacial score (nSPS) is 15.8. The second-order valence-corrected chi connectivity index (χ2v) is 6.64. The number of aromatic nitrogens is 1. The van der Waals surface area contributed by atoms with E-state index in [2.05, 4.69) is 61.7 Å². The highest BCUT2D eigenvalue weighted by Gasteiger charge is 2.29. The first kappa shape index (κ1) is 18.4. The van der Waals surface area contributed by atoms with Crippen LogP contribution in [-0.4, -0.2) is 31.7 Å². The Kier molecular flexibility index (Phi) is 5.30. The zero-order chi connectivity index (χ0) is 18.8. The van der Waals surface area contributed by atoms with Crippen LogP contribution in [-0.2, 0) is 9.31 Å². The average molecular weight is 348 g/mol. The van der Waals surface area contributed by atoms with Crippen LogP contribution in [0.5, 0.6) is 0 Å². The summed E-state index contributed by atoms with van der Waals surface area (Å²) in [5.41, 5.74) is 8.74. The molecule has 0 radical (unpaired) electrons. The Morgan fingerprint density at radius 2 is 1.65 bits per heavy atom. The molecule has 0 saturated carbocycles. The summed E-state index contributed by atoms with van der Waals surface area (Å²) in [6.07, 6.45) is 2.12. The van der Waals surface area contributed by atoms with Gasteiger partial charge in [0.25, 0.3) is 0 Å². The minimum absolute atomic E-state index is 0.492. The molecule has 0 unspecified atom stereocenters. The van der Waals surface area contributed by atoms with Crippen molar-refractivity contribution in [3.63, 3.8) is 0 Å². The van der Waals surface area contributed by atoms with Crippen molar-refractivity contribution in [2.45, 2.75) is 27.7 Å². The van der Waals surface area contributed by atoms with Gasteiger partial charge in [-0.15, -0.1) is 0 Å². The van der Waals surface area contributed by atoms with Crippen LogP contribution in [0.4, 0.5) is 0 Å². The van der Waals surface area contributed by atoms with E-state index in [1.165, 1.54) is 5.56 Å². The zero-order valence-corrected chi connectivity index (χ0v) is 16.3. The number of rotatable bonds is 5. The Morgan fingerprint density at radius 3 is 2.19 bits per heavy atom. The maximum absolute atomic E-state index is 5.58. The average Bonchev–Trinajstić information content (AvgIpc) is 3.10. The molecule has 0 amide bonds. The predicted molar refractivity (Wildman–Crippen MR) is 108 cm³/mol. The van der Waals surface area contributed by atoms with Crippen molar-refractivity contribution in [2.24, 2.45) is 4.99 Å². The molecule has 1 aliphatic heterocycles. The summed E-state index contributed by atoms with van der Waals surface area (Å²) in [6.45, 7) is 8.33. The minimum Gasteiger partial charge on any atom is -0.394 e. The van der Waals surface area contributed by atoms with Gasteiger partial charge in [-0.25, -0.2) is 0 Å². The van der Waals surface area contributed by atoms with Crippen LogP contribution in [0, 0.1) is 13.8 Å². The molecule has 0 atom stereocenters. The van der Waals surface area contributed by atoms with E-state index >= 15 is 0 Å². The van der Waals surface area contributed by atoms with Crippen LogP contribution in [0.3, 0.4) is 0 Å². The van der Waals surface area contributed by atoms with Gasteiger partial charge < -0.3 is 13.8 Å². The van der Waals surface area contributed by atoms with Crippen LogP contribution in [0.1, 0.15) is 36.4 Å². The molecule has 2 heterocycles. The maximum Gasteiger partial charge on any atom is 0.597 e. The summed E-state index contributed by atoms with van der Waals surface area (Å²) in [5.74, 6) is 0. The molecular formula is C21H25BN2O2. The van der Waals surface area contributed by atoms with E-state index in [1.54, 1.807) is 14.2 Å². The molecule has 5 heteroatoms. The summed E-state index contributed by atoms with van der Waals surface area (Å²) in [7, 11) is 2.82. The molecule has 3 rings (SSSR count). The van der Waals surface area contributed by atoms with Gasteiger partial charge in [0, 0.05) is 36.9 Å². The quantitative estimate of drug-likeness (QED) is 0.751. The fourth-order valence-corrected chi connectivity index (χ4v) is 3.64. The van der Waals surface area contributed by atoms with Gasteiger partial charge in [-0.05, 0) is 56.5 Å². The summed E-state index contributed by atoms with van der Waals surface area (Å²) in [4.78, 5) is 4.83. The number of aryl methyl sites for hydroxylation is 2. The number of benzene rings is 1. The Bertz CT molecular complexity index is 904. The fourth-order valence-electron chi connectivity index (χ4n) is 3.64. The van der Waals surface area contributed by atoms with Gasteiger partial charge in [0.2, 0.25) is 0 Å². The Balaban J connectivity index is 2.37. The number of aliphatic imine (C=N–C) groups is 1. The van der Waals surface area contributed by atoms with Crippen LogP contribution in [0.2, 0.25) is 0 Å². The van der Waals surface area contributed by atoms with E-state index in [0.29, 0.717) is 0 Å². The van der Waals surface area contributed by atoms with E-state index in [9.17, 15) is 0 Å². The number of hydrogen-bond acceptors (Lipinski definition) is 3. The number of nitrogens with zero attached hydrogens (tertiary/aromatic N) is 2. The first-order valence-corrected chi connectivity index (χ1v) is 8.76. The van der Waals surface area contributed by atoms with Crippen LogP contribution >= 0.6 is 0 Å². The number of hydrogen-bond donors (Lipinski definition) is 0. The molecule has 0 N–H and O–H groups in total. The summed E-state index contributed by atoms with van der Waals surface area (Å²) in [6, 6.07) is 12.6. The number of allylic oxidation sites excluding steroid dienone is 2. The molecule has 4 nitrogen and oxygen atoms in total. The van der Waals surface area contributed by atoms with Gasteiger partial charge in [-0.3, -0.25) is 4.99 Å². The largest absolute Gasteiger partial charge is 0.597 e. The first-order valence-electron chi connectivity index (χ1n) is 8.76. The minimum atomic E-state index is -0.492. The van der Waals surface area contributed by atoms with Crippen LogP contribution < -0.4 is 0 Å². The maximum atomic E-state index is 5.58. The van der Waals surface area contributed by atoms with Crippen molar-refractivity contribution in [1.82, 2.24) is 4.48 Å². The van der Waals surface area contributed by atoms with Crippen molar-refractivity contribution in [2.75, 3.05) is 14.2 Å². The van der Waals surface area contributed by atoms with Crippen molar-refractivity contribution >= 4 is 18.5 Å². The highest BCUT2D eigenvalue weighted by Crippen LogP contribution is 2.36. The van der Waals surface area contributed by atoms with E-state index < -0.39 is 7.25 Å². The molecule has 0 saturated heterocycles. The SMILES string of the molecule is COB(OC)n1c(C)cc(C)c1/C(=C1\N=C(C)C=C1C)c1ccccc1. The van der Waals surface area contributed by atoms with Gasteiger partial charge in [0.15, 0.2) is 0 Å². The van der Waals surface area contributed by atoms with Crippen LogP contribution in [0.25, 0.3) is 5.57 Å². The smallest absolute Gasteiger partial charge is 0.394 e. The van der Waals surface area contributed by atoms with Crippen molar-refractivity contribution in [3.8, 4) is 0 Å². The highest BCUT2D eigenvalue weighted by molar-refractivity contribution is 6.43. The third-order valence-electron chi connectivity index (χ3n) is 4.66. The van der Waals surface area contributed by atoms with Crippen LogP contribution in [0.15, 0.2) is 58.7 Å². The lowest BCUT2D eigenvalue weighted by Crippen LogP contribution is -2.32. The van der Waals surface area contributed by atoms with Crippen molar-refractivity contribution in [3.05, 3.63) is 76.3 Å². The molecule has 0 spiro atoms. The highest BCUT2D eigenvalue weighted by atomic mass is 16.6. The molecule has 2 aromatic rings. The topological polar surface area (TPSA) is 35.8 Å². The van der Waals surface area contributed by atoms with E-state index in [0.717, 1.165) is 39.5 Å². The zero-order valence-electron chi connectivity index (χ0n) is 16.3. The van der Waals surface area contributed by atoms with Gasteiger partial charge in [0.1, 0.15) is 0 Å². The lowest BCUT2D eigenvalue weighted by Gasteiger charge is -2.20. The van der Waals surface area contributed by atoms with Gasteiger partial charge in [-0.2, -0.15) is 0 Å². The molecule has 0 bridgehead atoms. The Labute approximate surface area is 156 Å². The fraction of sp³-hybridized carbons (Fsp3) is 0.286. The van der Waals surface area contributed by atoms with E-state index in [4.69, 9.17) is 14.3 Å². The van der Waals surface area contributed by atoms with E-state index in [1.807, 2.05) is 13.0 Å². The van der Waals surface area contributed by atoms with Crippen molar-refractivity contribution in [1.29, 1.82) is 0 Å². The van der Waals surface area contributed by atoms with Gasteiger partial charge >= 0.3 is 7.25 Å². The second kappa shape index (κ2) is 7.48.